The third kappa shape index (κ3) is 7.99. The van der Waals surface area contributed by atoms with E-state index in [2.05, 4.69) is 5.32 Å². The summed E-state index contributed by atoms with van der Waals surface area (Å²) in [5.41, 5.74) is 1.41. The minimum atomic E-state index is -4.24. The van der Waals surface area contributed by atoms with Gasteiger partial charge < -0.3 is 10.2 Å². The third-order valence-electron chi connectivity index (χ3n) is 6.24. The van der Waals surface area contributed by atoms with Crippen LogP contribution in [-0.2, 0) is 26.0 Å². The number of hydrogen-bond acceptors (Lipinski definition) is 4. The number of anilines is 1. The van der Waals surface area contributed by atoms with Crippen molar-refractivity contribution >= 4 is 50.7 Å². The van der Waals surface area contributed by atoms with Crippen LogP contribution in [0.5, 0.6) is 0 Å². The van der Waals surface area contributed by atoms with Crippen LogP contribution < -0.4 is 9.62 Å². The number of halogens is 2. The van der Waals surface area contributed by atoms with Crippen LogP contribution in [0.1, 0.15) is 38.8 Å². The molecule has 0 fully saturated rings. The molecule has 0 aromatic heterocycles. The highest BCUT2D eigenvalue weighted by Crippen LogP contribution is 2.35. The Kier molecular flexibility index (Phi) is 10.3. The fourth-order valence-electron chi connectivity index (χ4n) is 4.08. The van der Waals surface area contributed by atoms with Crippen molar-refractivity contribution in [2.24, 2.45) is 0 Å². The Balaban J connectivity index is 2.03. The average molecular weight is 605 g/mol. The van der Waals surface area contributed by atoms with Gasteiger partial charge in [-0.1, -0.05) is 77.3 Å². The van der Waals surface area contributed by atoms with Gasteiger partial charge in [-0.15, -0.1) is 0 Å². The van der Waals surface area contributed by atoms with Gasteiger partial charge in [0.2, 0.25) is 11.8 Å². The fraction of sp³-hybridized carbons (Fsp3) is 0.333. The second-order valence-corrected chi connectivity index (χ2v) is 13.3. The summed E-state index contributed by atoms with van der Waals surface area (Å²) in [6.45, 7) is 8.65. The van der Waals surface area contributed by atoms with E-state index in [-0.39, 0.29) is 33.1 Å². The van der Waals surface area contributed by atoms with Crippen molar-refractivity contribution in [3.8, 4) is 0 Å². The Bertz CT molecular complexity index is 1440. The molecule has 0 aliphatic rings. The first-order valence-corrected chi connectivity index (χ1v) is 15.1. The van der Waals surface area contributed by atoms with Crippen molar-refractivity contribution < 1.29 is 18.0 Å². The Hall–Kier alpha value is -3.07. The second-order valence-electron chi connectivity index (χ2n) is 10.6. The highest BCUT2D eigenvalue weighted by atomic mass is 35.5. The van der Waals surface area contributed by atoms with Crippen molar-refractivity contribution in [2.75, 3.05) is 17.4 Å². The van der Waals surface area contributed by atoms with Crippen molar-refractivity contribution in [1.29, 1.82) is 0 Å². The molecule has 0 bridgehead atoms. The van der Waals surface area contributed by atoms with Crippen LogP contribution >= 0.6 is 23.2 Å². The van der Waals surface area contributed by atoms with Crippen LogP contribution in [0.15, 0.2) is 77.7 Å². The molecular weight excluding hydrogens is 569 g/mol. The molecule has 0 spiro atoms. The standard InChI is InChI=1S/C30H35Cl2N3O4S/c1-21-14-16-24(17-15-21)40(38,39)35(26-13-9-12-25(31)28(26)32)20-27(36)34(19-18-23-10-7-6-8-11-23)22(2)29(37)33-30(3,4)5/h6-17,22H,18-20H2,1-5H3,(H,33,37). The normalized spacial score (nSPS) is 12.5. The molecule has 40 heavy (non-hydrogen) atoms. The van der Waals surface area contributed by atoms with E-state index in [9.17, 15) is 18.0 Å². The molecule has 7 nitrogen and oxygen atoms in total. The number of carbonyl (C=O) groups excluding carboxylic acids is 2. The Morgan fingerprint density at radius 2 is 1.55 bits per heavy atom. The van der Waals surface area contributed by atoms with Gasteiger partial charge in [-0.25, -0.2) is 8.42 Å². The van der Waals surface area contributed by atoms with Gasteiger partial charge in [0.15, 0.2) is 0 Å². The van der Waals surface area contributed by atoms with Crippen LogP contribution in [0.4, 0.5) is 5.69 Å². The van der Waals surface area contributed by atoms with Gasteiger partial charge >= 0.3 is 0 Å². The van der Waals surface area contributed by atoms with Crippen LogP contribution in [0, 0.1) is 6.92 Å². The third-order valence-corrected chi connectivity index (χ3v) is 8.82. The largest absolute Gasteiger partial charge is 0.350 e. The lowest BCUT2D eigenvalue weighted by molar-refractivity contribution is -0.139. The van der Waals surface area contributed by atoms with Gasteiger partial charge in [-0.3, -0.25) is 13.9 Å². The number of carbonyl (C=O) groups is 2. The summed E-state index contributed by atoms with van der Waals surface area (Å²) in [5, 5.41) is 3.06. The minimum Gasteiger partial charge on any atom is -0.350 e. The van der Waals surface area contributed by atoms with Gasteiger partial charge in [-0.05, 0) is 70.9 Å². The van der Waals surface area contributed by atoms with Crippen molar-refractivity contribution in [3.63, 3.8) is 0 Å². The zero-order valence-corrected chi connectivity index (χ0v) is 25.6. The maximum Gasteiger partial charge on any atom is 0.264 e. The summed E-state index contributed by atoms with van der Waals surface area (Å²) in [5.74, 6) is -0.901. The number of hydrogen-bond donors (Lipinski definition) is 1. The second kappa shape index (κ2) is 13.1. The SMILES string of the molecule is Cc1ccc(S(=O)(=O)N(CC(=O)N(CCc2ccccc2)C(C)C(=O)NC(C)(C)C)c2cccc(Cl)c2Cl)cc1. The molecule has 1 unspecified atom stereocenters. The zero-order chi connectivity index (χ0) is 29.7. The lowest BCUT2D eigenvalue weighted by Crippen LogP contribution is -2.55. The molecule has 0 aliphatic carbocycles. The van der Waals surface area contributed by atoms with Crippen molar-refractivity contribution in [2.45, 2.75) is 57.5 Å². The Morgan fingerprint density at radius 3 is 2.15 bits per heavy atom. The molecule has 0 saturated heterocycles. The van der Waals surface area contributed by atoms with Gasteiger partial charge in [0.1, 0.15) is 12.6 Å². The van der Waals surface area contributed by atoms with Crippen molar-refractivity contribution in [1.82, 2.24) is 10.2 Å². The first-order chi connectivity index (χ1) is 18.7. The van der Waals surface area contributed by atoms with E-state index in [0.717, 1.165) is 15.4 Å². The van der Waals surface area contributed by atoms with Gasteiger partial charge in [0.25, 0.3) is 10.0 Å². The molecule has 0 radical (unpaired) electrons. The van der Waals surface area contributed by atoms with Crippen LogP contribution in [0.2, 0.25) is 10.0 Å². The summed E-state index contributed by atoms with van der Waals surface area (Å²) in [6, 6.07) is 19.6. The molecular formula is C30H35Cl2N3O4S. The van der Waals surface area contributed by atoms with Crippen molar-refractivity contribution in [3.05, 3.63) is 94.0 Å². The molecule has 3 aromatic carbocycles. The molecule has 10 heteroatoms. The van der Waals surface area contributed by atoms with E-state index >= 15 is 0 Å². The van der Waals surface area contributed by atoms with E-state index in [4.69, 9.17) is 23.2 Å². The van der Waals surface area contributed by atoms with Crippen LogP contribution in [-0.4, -0.2) is 49.8 Å². The lowest BCUT2D eigenvalue weighted by Gasteiger charge is -2.33. The Labute approximate surface area is 247 Å². The number of amides is 2. The lowest BCUT2D eigenvalue weighted by atomic mass is 10.1. The quantitative estimate of drug-likeness (QED) is 0.314. The van der Waals surface area contributed by atoms with Gasteiger partial charge in [-0.2, -0.15) is 0 Å². The number of aryl methyl sites for hydroxylation is 1. The Morgan fingerprint density at radius 1 is 0.925 bits per heavy atom. The minimum absolute atomic E-state index is 0.00186. The predicted molar refractivity (Wildman–Crippen MR) is 161 cm³/mol. The number of sulfonamides is 1. The smallest absolute Gasteiger partial charge is 0.264 e. The number of nitrogens with one attached hydrogen (secondary N) is 1. The zero-order valence-electron chi connectivity index (χ0n) is 23.3. The summed E-state index contributed by atoms with van der Waals surface area (Å²) in [4.78, 5) is 28.5. The highest BCUT2D eigenvalue weighted by molar-refractivity contribution is 7.92. The number of nitrogens with zero attached hydrogens (tertiary/aromatic N) is 2. The predicted octanol–water partition coefficient (Wildman–Crippen LogP) is 5.87. The van der Waals surface area contributed by atoms with Crippen LogP contribution in [0.25, 0.3) is 0 Å². The molecule has 3 rings (SSSR count). The summed E-state index contributed by atoms with van der Waals surface area (Å²) in [6.07, 6.45) is 0.475. The highest BCUT2D eigenvalue weighted by Gasteiger charge is 2.34. The molecule has 3 aromatic rings. The molecule has 2 amide bonds. The van der Waals surface area contributed by atoms with Gasteiger partial charge in [0.05, 0.1) is 20.6 Å². The summed E-state index contributed by atoms with van der Waals surface area (Å²) < 4.78 is 28.8. The first kappa shape index (κ1) is 31.5. The number of rotatable bonds is 10. The maximum atomic E-state index is 14.0. The van der Waals surface area contributed by atoms with E-state index in [1.165, 1.54) is 29.2 Å². The first-order valence-electron chi connectivity index (χ1n) is 12.9. The maximum absolute atomic E-state index is 14.0. The van der Waals surface area contributed by atoms with E-state index in [1.54, 1.807) is 25.1 Å². The number of benzene rings is 3. The molecule has 0 heterocycles. The van der Waals surface area contributed by atoms with E-state index in [1.807, 2.05) is 58.0 Å². The average Bonchev–Trinajstić information content (AvgIpc) is 2.89. The van der Waals surface area contributed by atoms with Gasteiger partial charge in [0, 0.05) is 12.1 Å². The summed E-state index contributed by atoms with van der Waals surface area (Å²) in [7, 11) is -4.24. The van der Waals surface area contributed by atoms with E-state index < -0.39 is 34.1 Å². The van der Waals surface area contributed by atoms with Crippen LogP contribution in [0.3, 0.4) is 0 Å². The molecule has 1 N–H and O–H groups in total. The molecule has 214 valence electrons. The topological polar surface area (TPSA) is 86.8 Å². The summed E-state index contributed by atoms with van der Waals surface area (Å²) >= 11 is 12.7. The fourth-order valence-corrected chi connectivity index (χ4v) is 5.95. The molecule has 0 saturated carbocycles. The van der Waals surface area contributed by atoms with E-state index in [0.29, 0.717) is 6.42 Å². The molecule has 1 atom stereocenters. The monoisotopic (exact) mass is 603 g/mol. The molecule has 0 aliphatic heterocycles.